The molecule has 0 bridgehead atoms. The largest absolute Gasteiger partial charge is 0.467 e. The number of thioether (sulfide) groups is 1. The second-order valence-corrected chi connectivity index (χ2v) is 9.00. The zero-order valence-corrected chi connectivity index (χ0v) is 19.6. The van der Waals surface area contributed by atoms with E-state index in [-0.39, 0.29) is 35.7 Å². The van der Waals surface area contributed by atoms with E-state index in [1.54, 1.807) is 41.2 Å². The van der Waals surface area contributed by atoms with Crippen molar-refractivity contribution in [2.24, 2.45) is 0 Å². The minimum Gasteiger partial charge on any atom is -0.467 e. The van der Waals surface area contributed by atoms with Gasteiger partial charge in [-0.1, -0.05) is 23.9 Å². The second kappa shape index (κ2) is 11.8. The molecule has 1 aliphatic rings. The van der Waals surface area contributed by atoms with Gasteiger partial charge in [0.1, 0.15) is 5.76 Å². The van der Waals surface area contributed by atoms with Gasteiger partial charge in [0.15, 0.2) is 5.16 Å². The van der Waals surface area contributed by atoms with E-state index in [4.69, 9.17) is 9.15 Å². The Labute approximate surface area is 201 Å². The van der Waals surface area contributed by atoms with E-state index in [0.717, 1.165) is 19.4 Å². The molecular weight excluding hydrogens is 456 g/mol. The number of hydrogen-bond donors (Lipinski definition) is 2. The van der Waals surface area contributed by atoms with Crippen molar-refractivity contribution in [1.29, 1.82) is 0 Å². The fourth-order valence-corrected chi connectivity index (χ4v) is 4.61. The van der Waals surface area contributed by atoms with Crippen molar-refractivity contribution < 1.29 is 18.7 Å². The van der Waals surface area contributed by atoms with Crippen LogP contribution in [0.25, 0.3) is 10.9 Å². The lowest BCUT2D eigenvalue weighted by Crippen LogP contribution is -2.33. The highest BCUT2D eigenvalue weighted by atomic mass is 32.2. The number of fused-ring (bicyclic) bond motifs is 1. The smallest absolute Gasteiger partial charge is 0.262 e. The number of amides is 2. The minimum absolute atomic E-state index is 0.0739. The fraction of sp³-hybridized carbons (Fsp3) is 0.417. The Bertz CT molecular complexity index is 1170. The predicted octanol–water partition coefficient (Wildman–Crippen LogP) is 2.47. The van der Waals surface area contributed by atoms with Crippen molar-refractivity contribution in [3.63, 3.8) is 0 Å². The molecule has 0 unspecified atom stereocenters. The molecule has 1 aromatic carbocycles. The van der Waals surface area contributed by atoms with Crippen LogP contribution in [0.15, 0.2) is 57.0 Å². The third kappa shape index (κ3) is 6.48. The highest BCUT2D eigenvalue weighted by Crippen LogP contribution is 2.18. The molecule has 180 valence electrons. The predicted molar refractivity (Wildman–Crippen MR) is 128 cm³/mol. The number of carbonyl (C=O) groups is 2. The first-order valence-electron chi connectivity index (χ1n) is 11.4. The number of carbonyl (C=O) groups excluding carboxylic acids is 2. The van der Waals surface area contributed by atoms with Crippen molar-refractivity contribution in [2.45, 2.75) is 50.0 Å². The van der Waals surface area contributed by atoms with Crippen LogP contribution in [0.3, 0.4) is 0 Å². The van der Waals surface area contributed by atoms with Crippen LogP contribution in [0.2, 0.25) is 0 Å². The summed E-state index contributed by atoms with van der Waals surface area (Å²) >= 11 is 1.22. The maximum absolute atomic E-state index is 13.1. The number of nitrogens with one attached hydrogen (secondary N) is 2. The molecule has 4 rings (SSSR count). The lowest BCUT2D eigenvalue weighted by atomic mass is 10.2. The molecule has 9 nitrogen and oxygen atoms in total. The van der Waals surface area contributed by atoms with Crippen LogP contribution in [0, 0.1) is 0 Å². The maximum atomic E-state index is 13.1. The Morgan fingerprint density at radius 1 is 1.15 bits per heavy atom. The molecule has 10 heteroatoms. The Kier molecular flexibility index (Phi) is 8.37. The molecule has 3 heterocycles. The summed E-state index contributed by atoms with van der Waals surface area (Å²) in [6, 6.07) is 10.7. The van der Waals surface area contributed by atoms with Gasteiger partial charge in [0, 0.05) is 26.1 Å². The first kappa shape index (κ1) is 24.0. The van der Waals surface area contributed by atoms with Gasteiger partial charge < -0.3 is 19.8 Å². The molecule has 1 fully saturated rings. The summed E-state index contributed by atoms with van der Waals surface area (Å²) in [7, 11) is 0. The Morgan fingerprint density at radius 3 is 2.82 bits per heavy atom. The van der Waals surface area contributed by atoms with Crippen LogP contribution in [0.5, 0.6) is 0 Å². The van der Waals surface area contributed by atoms with Gasteiger partial charge in [-0.25, -0.2) is 4.98 Å². The van der Waals surface area contributed by atoms with Gasteiger partial charge in [-0.05, 0) is 43.5 Å². The molecular formula is C24H28N4O5S. The molecule has 34 heavy (non-hydrogen) atoms. The normalized spacial score (nSPS) is 15.5. The average Bonchev–Trinajstić information content (AvgIpc) is 3.56. The molecule has 0 aliphatic carbocycles. The minimum atomic E-state index is -0.177. The molecule has 0 radical (unpaired) electrons. The number of nitrogens with zero attached hydrogens (tertiary/aromatic N) is 2. The highest BCUT2D eigenvalue weighted by Gasteiger charge is 2.17. The average molecular weight is 485 g/mol. The van der Waals surface area contributed by atoms with Crippen LogP contribution in [-0.2, 0) is 27.4 Å². The number of para-hydroxylation sites is 1. The molecule has 2 aromatic heterocycles. The third-order valence-electron chi connectivity index (χ3n) is 5.54. The van der Waals surface area contributed by atoms with E-state index in [2.05, 4.69) is 15.6 Å². The molecule has 0 spiro atoms. The number of hydrogen-bond acceptors (Lipinski definition) is 7. The highest BCUT2D eigenvalue weighted by molar-refractivity contribution is 7.99. The lowest BCUT2D eigenvalue weighted by Gasteiger charge is -2.14. The summed E-state index contributed by atoms with van der Waals surface area (Å²) in [6.45, 7) is 1.88. The fourth-order valence-electron chi connectivity index (χ4n) is 3.75. The number of aromatic nitrogens is 2. The summed E-state index contributed by atoms with van der Waals surface area (Å²) in [4.78, 5) is 42.3. The van der Waals surface area contributed by atoms with Crippen LogP contribution < -0.4 is 16.2 Å². The zero-order valence-electron chi connectivity index (χ0n) is 18.8. The third-order valence-corrected chi connectivity index (χ3v) is 6.51. The quantitative estimate of drug-likeness (QED) is 0.317. The van der Waals surface area contributed by atoms with Gasteiger partial charge >= 0.3 is 0 Å². The number of furan rings is 1. The monoisotopic (exact) mass is 484 g/mol. The summed E-state index contributed by atoms with van der Waals surface area (Å²) in [6.07, 6.45) is 4.32. The molecule has 1 saturated heterocycles. The number of ether oxygens (including phenoxy) is 1. The van der Waals surface area contributed by atoms with Crippen molar-refractivity contribution in [3.05, 3.63) is 58.8 Å². The first-order chi connectivity index (χ1) is 16.6. The van der Waals surface area contributed by atoms with Gasteiger partial charge in [0.05, 0.1) is 35.6 Å². The molecule has 2 N–H and O–H groups in total. The van der Waals surface area contributed by atoms with E-state index >= 15 is 0 Å². The summed E-state index contributed by atoms with van der Waals surface area (Å²) in [5.41, 5.74) is 0.408. The van der Waals surface area contributed by atoms with E-state index in [1.165, 1.54) is 11.8 Å². The van der Waals surface area contributed by atoms with Crippen molar-refractivity contribution in [1.82, 2.24) is 20.2 Å². The molecule has 1 atom stereocenters. The standard InChI is InChI=1S/C24H28N4O5S/c29-21(25-14-17-6-4-12-32-17)10-3-11-28-23(31)19-8-1-2-9-20(19)27-24(28)34-16-22(30)26-15-18-7-5-13-33-18/h1-2,4,6,8-9,12,18H,3,5,7,10-11,13-16H2,(H,25,29)(H,26,30)/t18-/m0/s1. The topological polar surface area (TPSA) is 115 Å². The Hall–Kier alpha value is -3.11. The van der Waals surface area contributed by atoms with Crippen LogP contribution in [0.1, 0.15) is 31.4 Å². The van der Waals surface area contributed by atoms with Gasteiger partial charge in [-0.3, -0.25) is 19.0 Å². The first-order valence-corrected chi connectivity index (χ1v) is 12.4. The number of rotatable bonds is 11. The lowest BCUT2D eigenvalue weighted by molar-refractivity contribution is -0.121. The second-order valence-electron chi connectivity index (χ2n) is 8.06. The molecule has 3 aromatic rings. The van der Waals surface area contributed by atoms with Crippen LogP contribution in [-0.4, -0.2) is 46.4 Å². The van der Waals surface area contributed by atoms with E-state index < -0.39 is 0 Å². The number of benzene rings is 1. The van der Waals surface area contributed by atoms with E-state index in [9.17, 15) is 14.4 Å². The van der Waals surface area contributed by atoms with Gasteiger partial charge in [0.25, 0.3) is 5.56 Å². The van der Waals surface area contributed by atoms with Crippen LogP contribution in [0.4, 0.5) is 0 Å². The van der Waals surface area contributed by atoms with Crippen molar-refractivity contribution in [2.75, 3.05) is 18.9 Å². The summed E-state index contributed by atoms with van der Waals surface area (Å²) in [5, 5.41) is 6.67. The molecule has 2 amide bonds. The maximum Gasteiger partial charge on any atom is 0.262 e. The molecule has 1 aliphatic heterocycles. The van der Waals surface area contributed by atoms with E-state index in [0.29, 0.717) is 47.9 Å². The van der Waals surface area contributed by atoms with Crippen molar-refractivity contribution in [3.8, 4) is 0 Å². The van der Waals surface area contributed by atoms with Gasteiger partial charge in [0.2, 0.25) is 11.8 Å². The van der Waals surface area contributed by atoms with E-state index in [1.807, 2.05) is 6.07 Å². The Balaban J connectivity index is 1.37. The van der Waals surface area contributed by atoms with Crippen molar-refractivity contribution >= 4 is 34.5 Å². The van der Waals surface area contributed by atoms with Gasteiger partial charge in [-0.2, -0.15) is 0 Å². The van der Waals surface area contributed by atoms with Crippen LogP contribution >= 0.6 is 11.8 Å². The Morgan fingerprint density at radius 2 is 2.03 bits per heavy atom. The molecule has 0 saturated carbocycles. The zero-order chi connectivity index (χ0) is 23.8. The van der Waals surface area contributed by atoms with Gasteiger partial charge in [-0.15, -0.1) is 0 Å². The summed E-state index contributed by atoms with van der Waals surface area (Å²) < 4.78 is 12.3. The SMILES string of the molecule is O=C(CCCn1c(SCC(=O)NC[C@@H]2CCCO2)nc2ccccc2c1=O)NCc1ccco1. The summed E-state index contributed by atoms with van der Waals surface area (Å²) in [5.74, 6) is 0.564.